The van der Waals surface area contributed by atoms with Crippen molar-refractivity contribution in [1.82, 2.24) is 9.55 Å². The molecule has 0 spiro atoms. The maximum atomic E-state index is 6.73. The molecule has 0 N–H and O–H groups in total. The molecule has 1 aliphatic rings. The van der Waals surface area contributed by atoms with E-state index in [4.69, 9.17) is 19.5 Å². The van der Waals surface area contributed by atoms with E-state index >= 15 is 0 Å². The molecule has 0 fully saturated rings. The SMILES string of the molecule is CC(C)c1cc(Oc2[c-]c(-n3c4ccc(C(C)(C)C)cc4c4cccnc43)cc(C(C)(C)C)c2)[c-]c(C2=N[C@](C)(C(C)C)C(C)(C)O2)c1.[Pt+2]. The molecule has 0 bridgehead atoms. The minimum Gasteiger partial charge on any atom is -0.512 e. The van der Waals surface area contributed by atoms with Gasteiger partial charge in [-0.15, -0.1) is 35.4 Å². The maximum absolute atomic E-state index is 6.73. The van der Waals surface area contributed by atoms with Crippen LogP contribution < -0.4 is 4.74 Å². The van der Waals surface area contributed by atoms with E-state index in [-0.39, 0.29) is 43.4 Å². The normalized spacial score (nSPS) is 17.8. The molecule has 260 valence electrons. The van der Waals surface area contributed by atoms with Crippen molar-refractivity contribution in [3.8, 4) is 17.2 Å². The standard InChI is InChI=1S/C43H51N3O2.Pt/c1-26(2)28-19-29(39-45-43(13,27(3)4)42(11,12)48-39)21-33(20-28)47-34-23-31(41(8,9)10)22-32(25-34)46-37-17-16-30(40(5,6)7)24-36(37)35-15-14-18-44-38(35)46;/h14-20,22-24,26-27H,1-13H3;/q-2;+2/t43-;/m1./s1. The van der Waals surface area contributed by atoms with Gasteiger partial charge in [-0.1, -0.05) is 98.7 Å². The number of pyridine rings is 1. The maximum Gasteiger partial charge on any atom is 2.00 e. The fraction of sp³-hybridized carbons (Fsp3) is 0.442. The van der Waals surface area contributed by atoms with Crippen LogP contribution >= 0.6 is 0 Å². The fourth-order valence-electron chi connectivity index (χ4n) is 6.53. The molecule has 49 heavy (non-hydrogen) atoms. The van der Waals surface area contributed by atoms with Crippen LogP contribution in [-0.2, 0) is 36.6 Å². The second kappa shape index (κ2) is 12.7. The third-order valence-corrected chi connectivity index (χ3v) is 10.3. The van der Waals surface area contributed by atoms with Gasteiger partial charge in [-0.2, -0.15) is 0 Å². The van der Waals surface area contributed by atoms with E-state index in [1.807, 2.05) is 12.3 Å². The molecular weight excluding hydrogens is 786 g/mol. The number of nitrogens with zero attached hydrogens (tertiary/aromatic N) is 3. The zero-order chi connectivity index (χ0) is 35.0. The molecule has 5 aromatic rings. The number of aliphatic imine (C=N–C) groups is 1. The van der Waals surface area contributed by atoms with Crippen molar-refractivity contribution in [2.75, 3.05) is 0 Å². The number of hydrogen-bond acceptors (Lipinski definition) is 4. The summed E-state index contributed by atoms with van der Waals surface area (Å²) < 4.78 is 15.5. The van der Waals surface area contributed by atoms with E-state index in [9.17, 15) is 0 Å². The van der Waals surface area contributed by atoms with Crippen LogP contribution in [0.5, 0.6) is 11.5 Å². The van der Waals surface area contributed by atoms with Crippen LogP contribution in [0.15, 0.2) is 65.8 Å². The third kappa shape index (κ3) is 6.73. The van der Waals surface area contributed by atoms with E-state index in [0.717, 1.165) is 38.9 Å². The Morgan fingerprint density at radius 2 is 1.47 bits per heavy atom. The Morgan fingerprint density at radius 3 is 2.08 bits per heavy atom. The number of rotatable bonds is 6. The van der Waals surface area contributed by atoms with Crippen LogP contribution in [-0.4, -0.2) is 26.6 Å². The topological polar surface area (TPSA) is 48.6 Å². The van der Waals surface area contributed by atoms with Gasteiger partial charge in [0.15, 0.2) is 0 Å². The number of aromatic nitrogens is 2. The summed E-state index contributed by atoms with van der Waals surface area (Å²) in [4.78, 5) is 10.0. The Morgan fingerprint density at radius 1 is 0.796 bits per heavy atom. The first-order chi connectivity index (χ1) is 22.3. The second-order valence-electron chi connectivity index (χ2n) is 16.8. The quantitative estimate of drug-likeness (QED) is 0.160. The Bertz CT molecular complexity index is 2060. The van der Waals surface area contributed by atoms with Crippen LogP contribution in [0.25, 0.3) is 27.6 Å². The van der Waals surface area contributed by atoms with Crippen molar-refractivity contribution >= 4 is 27.8 Å². The Balaban J connectivity index is 0.00000468. The molecule has 1 aliphatic heterocycles. The molecule has 0 saturated carbocycles. The molecule has 6 heteroatoms. The van der Waals surface area contributed by atoms with E-state index < -0.39 is 5.60 Å². The largest absolute Gasteiger partial charge is 2.00 e. The second-order valence-corrected chi connectivity index (χ2v) is 16.8. The molecule has 6 rings (SSSR count). The van der Waals surface area contributed by atoms with Gasteiger partial charge in [-0.25, -0.2) is 4.98 Å². The van der Waals surface area contributed by atoms with Gasteiger partial charge in [0.05, 0.1) is 11.1 Å². The van der Waals surface area contributed by atoms with Crippen LogP contribution in [0.3, 0.4) is 0 Å². The Labute approximate surface area is 307 Å². The Kier molecular flexibility index (Phi) is 9.56. The summed E-state index contributed by atoms with van der Waals surface area (Å²) in [6.07, 6.45) is 1.86. The van der Waals surface area contributed by atoms with Crippen molar-refractivity contribution in [2.45, 2.75) is 118 Å². The molecule has 0 saturated heterocycles. The summed E-state index contributed by atoms with van der Waals surface area (Å²) in [5, 5.41) is 2.30. The molecule has 0 unspecified atom stereocenters. The average Bonchev–Trinajstić information content (AvgIpc) is 3.46. The summed E-state index contributed by atoms with van der Waals surface area (Å²) in [6.45, 7) is 28.6. The van der Waals surface area contributed by atoms with E-state index in [0.29, 0.717) is 23.3 Å². The number of fused-ring (bicyclic) bond motifs is 3. The van der Waals surface area contributed by atoms with E-state index in [1.54, 1.807) is 0 Å². The van der Waals surface area contributed by atoms with Gasteiger partial charge in [0.25, 0.3) is 0 Å². The zero-order valence-corrected chi connectivity index (χ0v) is 33.7. The number of benzene rings is 3. The molecule has 3 heterocycles. The van der Waals surface area contributed by atoms with Crippen molar-refractivity contribution in [3.05, 3.63) is 95.2 Å². The minimum absolute atomic E-state index is 0. The molecular formula is C43H51N3O2Pt. The first kappa shape index (κ1) is 36.8. The zero-order valence-electron chi connectivity index (χ0n) is 31.4. The van der Waals surface area contributed by atoms with Gasteiger partial charge in [-0.3, -0.25) is 4.99 Å². The van der Waals surface area contributed by atoms with Crippen LogP contribution in [0.4, 0.5) is 0 Å². The summed E-state index contributed by atoms with van der Waals surface area (Å²) in [6, 6.07) is 26.6. The number of hydrogen-bond donors (Lipinski definition) is 0. The van der Waals surface area contributed by atoms with Gasteiger partial charge in [-0.05, 0) is 73.3 Å². The number of ether oxygens (including phenoxy) is 2. The first-order valence-corrected chi connectivity index (χ1v) is 17.3. The van der Waals surface area contributed by atoms with Crippen LogP contribution in [0, 0.1) is 18.1 Å². The third-order valence-electron chi connectivity index (χ3n) is 10.3. The van der Waals surface area contributed by atoms with Gasteiger partial charge < -0.3 is 14.0 Å². The Hall–Kier alpha value is -3.43. The van der Waals surface area contributed by atoms with Crippen LogP contribution in [0.1, 0.15) is 118 Å². The van der Waals surface area contributed by atoms with Crippen molar-refractivity contribution in [1.29, 1.82) is 0 Å². The molecule has 3 aromatic carbocycles. The molecule has 0 aliphatic carbocycles. The van der Waals surface area contributed by atoms with Crippen molar-refractivity contribution in [2.24, 2.45) is 10.9 Å². The van der Waals surface area contributed by atoms with Gasteiger partial charge >= 0.3 is 21.1 Å². The smallest absolute Gasteiger partial charge is 0.512 e. The average molecular weight is 837 g/mol. The van der Waals surface area contributed by atoms with E-state index in [2.05, 4.69) is 155 Å². The van der Waals surface area contributed by atoms with E-state index in [1.165, 1.54) is 10.9 Å². The molecule has 0 amide bonds. The van der Waals surface area contributed by atoms with Gasteiger partial charge in [0.2, 0.25) is 0 Å². The molecule has 1 atom stereocenters. The summed E-state index contributed by atoms with van der Waals surface area (Å²) in [5.41, 5.74) is 6.33. The van der Waals surface area contributed by atoms with Crippen molar-refractivity contribution in [3.63, 3.8) is 0 Å². The molecule has 5 nitrogen and oxygen atoms in total. The summed E-state index contributed by atoms with van der Waals surface area (Å²) in [5.74, 6) is 2.43. The predicted molar refractivity (Wildman–Crippen MR) is 199 cm³/mol. The summed E-state index contributed by atoms with van der Waals surface area (Å²) >= 11 is 0. The van der Waals surface area contributed by atoms with Crippen LogP contribution in [0.2, 0.25) is 0 Å². The van der Waals surface area contributed by atoms with Gasteiger partial charge in [0.1, 0.15) is 17.1 Å². The first-order valence-electron chi connectivity index (χ1n) is 17.3. The predicted octanol–water partition coefficient (Wildman–Crippen LogP) is 11.3. The monoisotopic (exact) mass is 836 g/mol. The molecule has 2 aromatic heterocycles. The fourth-order valence-corrected chi connectivity index (χ4v) is 6.53. The summed E-state index contributed by atoms with van der Waals surface area (Å²) in [7, 11) is 0. The van der Waals surface area contributed by atoms with Crippen molar-refractivity contribution < 1.29 is 30.5 Å². The van der Waals surface area contributed by atoms with Gasteiger partial charge in [0, 0.05) is 28.5 Å². The molecule has 0 radical (unpaired) electrons. The minimum atomic E-state index is -0.451.